The molecule has 2 aliphatic rings. The van der Waals surface area contributed by atoms with Gasteiger partial charge in [0.2, 0.25) is 0 Å². The van der Waals surface area contributed by atoms with Crippen molar-refractivity contribution in [3.05, 3.63) is 54.8 Å². The van der Waals surface area contributed by atoms with Crippen molar-refractivity contribution in [2.45, 2.75) is 50.7 Å². The summed E-state index contributed by atoms with van der Waals surface area (Å²) in [5.74, 6) is 0.851. The number of hydrogen-bond acceptors (Lipinski definition) is 9. The molecule has 0 amide bonds. The van der Waals surface area contributed by atoms with Crippen LogP contribution >= 0.6 is 0 Å². The van der Waals surface area contributed by atoms with Gasteiger partial charge in [0.25, 0.3) is 0 Å². The number of ether oxygens (including phenoxy) is 2. The molecule has 2 aliphatic heterocycles. The van der Waals surface area contributed by atoms with Crippen LogP contribution in [0.15, 0.2) is 59.2 Å². The van der Waals surface area contributed by atoms with Crippen LogP contribution < -0.4 is 15.7 Å². The minimum atomic E-state index is -1.13. The van der Waals surface area contributed by atoms with E-state index in [-0.39, 0.29) is 12.1 Å². The molecule has 0 bridgehead atoms. The normalized spacial score (nSPS) is 25.2. The van der Waals surface area contributed by atoms with E-state index in [0.717, 1.165) is 48.5 Å². The van der Waals surface area contributed by atoms with Gasteiger partial charge in [-0.1, -0.05) is 12.1 Å². The van der Waals surface area contributed by atoms with Gasteiger partial charge in [0.1, 0.15) is 11.9 Å². The summed E-state index contributed by atoms with van der Waals surface area (Å²) >= 11 is 0. The van der Waals surface area contributed by atoms with Gasteiger partial charge in [-0.2, -0.15) is 0 Å². The van der Waals surface area contributed by atoms with Gasteiger partial charge in [0, 0.05) is 49.4 Å². The summed E-state index contributed by atoms with van der Waals surface area (Å²) in [7, 11) is 1.97. The summed E-state index contributed by atoms with van der Waals surface area (Å²) in [6, 6.07) is 9.81. The molecule has 0 saturated carbocycles. The summed E-state index contributed by atoms with van der Waals surface area (Å²) in [6.45, 7) is 4.10. The maximum atomic E-state index is 10.2. The van der Waals surface area contributed by atoms with Gasteiger partial charge in [-0.25, -0.2) is 0 Å². The molecule has 0 radical (unpaired) electrons. The van der Waals surface area contributed by atoms with Crippen molar-refractivity contribution in [3.63, 3.8) is 0 Å². The number of aliphatic hydroxyl groups excluding tert-OH is 2. The molecule has 1 aromatic carbocycles. The largest absolute Gasteiger partial charge is 0.494 e. The molecule has 9 nitrogen and oxygen atoms in total. The van der Waals surface area contributed by atoms with Gasteiger partial charge in [0.15, 0.2) is 6.29 Å². The Morgan fingerprint density at radius 3 is 2.76 bits per heavy atom. The lowest BCUT2D eigenvalue weighted by Crippen LogP contribution is -2.54. The molecule has 1 saturated heterocycles. The zero-order valence-electron chi connectivity index (χ0n) is 19.2. The van der Waals surface area contributed by atoms with Crippen LogP contribution in [0.4, 0.5) is 0 Å². The van der Waals surface area contributed by atoms with Crippen LogP contribution in [0.2, 0.25) is 0 Å². The first-order valence-corrected chi connectivity index (χ1v) is 11.5. The van der Waals surface area contributed by atoms with Gasteiger partial charge >= 0.3 is 0 Å². The van der Waals surface area contributed by atoms with Crippen molar-refractivity contribution in [2.75, 3.05) is 26.7 Å². The van der Waals surface area contributed by atoms with Crippen LogP contribution in [0.3, 0.4) is 0 Å². The lowest BCUT2D eigenvalue weighted by Gasteiger charge is -2.40. The zero-order valence-corrected chi connectivity index (χ0v) is 19.2. The van der Waals surface area contributed by atoms with Crippen molar-refractivity contribution in [1.29, 1.82) is 0 Å². The van der Waals surface area contributed by atoms with E-state index in [4.69, 9.17) is 13.9 Å². The first kappa shape index (κ1) is 23.6. The topological polar surface area (TPSA) is 103 Å². The van der Waals surface area contributed by atoms with E-state index in [1.807, 2.05) is 49.3 Å². The Morgan fingerprint density at radius 2 is 2.00 bits per heavy atom. The highest BCUT2D eigenvalue weighted by Crippen LogP contribution is 2.24. The van der Waals surface area contributed by atoms with E-state index in [9.17, 15) is 10.2 Å². The Kier molecular flexibility index (Phi) is 7.89. The Balaban J connectivity index is 1.14. The Morgan fingerprint density at radius 1 is 1.18 bits per heavy atom. The number of nitrogens with one attached hydrogen (secondary N) is 2. The molecule has 4 rings (SSSR count). The average Bonchev–Trinajstić information content (AvgIpc) is 3.50. The van der Waals surface area contributed by atoms with Crippen LogP contribution in [0.1, 0.15) is 26.2 Å². The molecule has 1 aromatic heterocycles. The van der Waals surface area contributed by atoms with Crippen LogP contribution in [-0.4, -0.2) is 71.4 Å². The van der Waals surface area contributed by atoms with E-state index in [1.54, 1.807) is 12.5 Å². The minimum absolute atomic E-state index is 0.0755. The van der Waals surface area contributed by atoms with E-state index >= 15 is 0 Å². The SMILES string of the molecule is C[C@@H]1C[C@H](N(C)CCC2=CN(CCCOc3ccc(-c4ccoc4)cc3)NN2)[C@@H](O)[C@H](O)O1. The second-order valence-corrected chi connectivity index (χ2v) is 8.68. The van der Waals surface area contributed by atoms with Crippen molar-refractivity contribution < 1.29 is 24.1 Å². The monoisotopic (exact) mass is 458 g/mol. The molecular formula is C24H34N4O5. The second-order valence-electron chi connectivity index (χ2n) is 8.68. The number of benzene rings is 1. The third kappa shape index (κ3) is 6.27. The van der Waals surface area contributed by atoms with Crippen molar-refractivity contribution in [1.82, 2.24) is 20.9 Å². The summed E-state index contributed by atoms with van der Waals surface area (Å²) in [5.41, 5.74) is 9.58. The molecule has 180 valence electrons. The predicted molar refractivity (Wildman–Crippen MR) is 124 cm³/mol. The first-order valence-electron chi connectivity index (χ1n) is 11.5. The molecule has 4 N–H and O–H groups in total. The van der Waals surface area contributed by atoms with Crippen molar-refractivity contribution in [3.8, 4) is 16.9 Å². The van der Waals surface area contributed by atoms with Crippen molar-refractivity contribution in [2.24, 2.45) is 0 Å². The van der Waals surface area contributed by atoms with Crippen LogP contribution in [0.25, 0.3) is 11.1 Å². The van der Waals surface area contributed by atoms with Gasteiger partial charge in [0.05, 0.1) is 25.2 Å². The maximum absolute atomic E-state index is 10.2. The van der Waals surface area contributed by atoms with Gasteiger partial charge in [-0.05, 0) is 44.2 Å². The summed E-state index contributed by atoms with van der Waals surface area (Å²) in [5, 5.41) is 22.1. The van der Waals surface area contributed by atoms with Gasteiger partial charge < -0.3 is 34.4 Å². The maximum Gasteiger partial charge on any atom is 0.182 e. The third-order valence-electron chi connectivity index (χ3n) is 6.12. The number of likely N-dealkylation sites (N-methyl/N-ethyl adjacent to an activating group) is 1. The van der Waals surface area contributed by atoms with E-state index in [1.165, 1.54) is 0 Å². The highest BCUT2D eigenvalue weighted by molar-refractivity contribution is 5.62. The molecule has 4 atom stereocenters. The minimum Gasteiger partial charge on any atom is -0.494 e. The fourth-order valence-corrected chi connectivity index (χ4v) is 4.19. The predicted octanol–water partition coefficient (Wildman–Crippen LogP) is 2.06. The molecule has 9 heteroatoms. The van der Waals surface area contributed by atoms with E-state index < -0.39 is 12.4 Å². The number of hydrogen-bond donors (Lipinski definition) is 4. The fraction of sp³-hybridized carbons (Fsp3) is 0.500. The number of nitrogens with zero attached hydrogens (tertiary/aromatic N) is 2. The smallest absolute Gasteiger partial charge is 0.182 e. The molecule has 0 spiro atoms. The Labute approximate surface area is 194 Å². The van der Waals surface area contributed by atoms with E-state index in [2.05, 4.69) is 22.1 Å². The number of rotatable bonds is 10. The fourth-order valence-electron chi connectivity index (χ4n) is 4.19. The molecule has 0 unspecified atom stereocenters. The second kappa shape index (κ2) is 11.0. The summed E-state index contributed by atoms with van der Waals surface area (Å²) < 4.78 is 16.3. The van der Waals surface area contributed by atoms with Crippen LogP contribution in [0, 0.1) is 0 Å². The first-order chi connectivity index (χ1) is 16.0. The Bertz CT molecular complexity index is 889. The van der Waals surface area contributed by atoms with Gasteiger partial charge in [-0.3, -0.25) is 5.01 Å². The van der Waals surface area contributed by atoms with Crippen molar-refractivity contribution >= 4 is 0 Å². The van der Waals surface area contributed by atoms with Gasteiger partial charge in [-0.15, -0.1) is 5.53 Å². The molecule has 1 fully saturated rings. The standard InChI is InChI=1S/C24H34N4O5/c1-17-14-22(23(29)24(30)33-17)27(2)11-8-20-15-28(26-25-20)10-3-12-32-21-6-4-18(5-7-21)19-9-13-31-16-19/h4-7,9,13,15-17,22-26,29-30H,3,8,10-12,14H2,1-2H3/t17-,22+,23-,24-/m1/s1. The zero-order chi connectivity index (χ0) is 23.2. The molecule has 0 aliphatic carbocycles. The third-order valence-corrected chi connectivity index (χ3v) is 6.12. The lowest BCUT2D eigenvalue weighted by molar-refractivity contribution is -0.231. The molecule has 33 heavy (non-hydrogen) atoms. The average molecular weight is 459 g/mol. The summed E-state index contributed by atoms with van der Waals surface area (Å²) in [4.78, 5) is 2.09. The molecular weight excluding hydrogens is 424 g/mol. The number of hydrazine groups is 2. The molecule has 3 heterocycles. The highest BCUT2D eigenvalue weighted by Gasteiger charge is 2.37. The quantitative estimate of drug-likeness (QED) is 0.399. The van der Waals surface area contributed by atoms with E-state index in [0.29, 0.717) is 13.0 Å². The van der Waals surface area contributed by atoms with Crippen LogP contribution in [0.5, 0.6) is 5.75 Å². The lowest BCUT2D eigenvalue weighted by atomic mass is 9.99. The number of furan rings is 1. The number of aliphatic hydroxyl groups is 2. The summed E-state index contributed by atoms with van der Waals surface area (Å²) in [6.07, 6.45) is 5.72. The Hall–Kier alpha value is -2.56. The van der Waals surface area contributed by atoms with Crippen LogP contribution in [-0.2, 0) is 4.74 Å². The molecule has 2 aromatic rings. The highest BCUT2D eigenvalue weighted by atomic mass is 16.6.